The molecular weight excluding hydrogens is 264 g/mol. The Balaban J connectivity index is 2.09. The molecular formula is C14H13ClN2O2. The summed E-state index contributed by atoms with van der Waals surface area (Å²) in [5, 5.41) is 0.654. The van der Waals surface area contributed by atoms with Crippen molar-refractivity contribution >= 4 is 17.6 Å². The number of nitrogens with zero attached hydrogens (tertiary/aromatic N) is 2. The molecule has 2 heterocycles. The van der Waals surface area contributed by atoms with Gasteiger partial charge in [0.25, 0.3) is 0 Å². The van der Waals surface area contributed by atoms with Gasteiger partial charge in [-0.15, -0.1) is 0 Å². The van der Waals surface area contributed by atoms with E-state index >= 15 is 0 Å². The Kier molecular flexibility index (Phi) is 2.64. The first-order valence-electron chi connectivity index (χ1n) is 6.02. The number of benzene rings is 1. The molecule has 0 radical (unpaired) electrons. The summed E-state index contributed by atoms with van der Waals surface area (Å²) in [6.07, 6.45) is 2.27. The van der Waals surface area contributed by atoms with Crippen LogP contribution >= 0.6 is 11.6 Å². The Morgan fingerprint density at radius 2 is 2.00 bits per heavy atom. The van der Waals surface area contributed by atoms with Gasteiger partial charge in [0.1, 0.15) is 11.9 Å². The molecule has 0 aliphatic carbocycles. The number of esters is 1. The second kappa shape index (κ2) is 4.10. The predicted octanol–water partition coefficient (Wildman–Crippen LogP) is 3.02. The van der Waals surface area contributed by atoms with Crippen LogP contribution < -0.4 is 0 Å². The average Bonchev–Trinajstić information content (AvgIpc) is 2.72. The molecule has 0 bridgehead atoms. The maximum Gasteiger partial charge on any atom is 0.357 e. The largest absolute Gasteiger partial charge is 0.455 e. The summed E-state index contributed by atoms with van der Waals surface area (Å²) in [7, 11) is 0. The molecule has 0 saturated heterocycles. The lowest BCUT2D eigenvalue weighted by Gasteiger charge is -2.29. The van der Waals surface area contributed by atoms with Crippen LogP contribution in [0.25, 0.3) is 5.69 Å². The lowest BCUT2D eigenvalue weighted by molar-refractivity contribution is -0.00795. The number of carbonyl (C=O) groups excluding carboxylic acids is 1. The number of imidazole rings is 1. The van der Waals surface area contributed by atoms with E-state index in [1.54, 1.807) is 23.0 Å². The molecule has 0 spiro atoms. The summed E-state index contributed by atoms with van der Waals surface area (Å²) in [5.41, 5.74) is 1.62. The molecule has 4 nitrogen and oxygen atoms in total. The van der Waals surface area contributed by atoms with Crippen LogP contribution in [0.2, 0.25) is 5.02 Å². The van der Waals surface area contributed by atoms with Crippen LogP contribution in [-0.2, 0) is 11.2 Å². The number of carbonyl (C=O) groups is 1. The number of fused-ring (bicyclic) bond motifs is 1. The Morgan fingerprint density at radius 3 is 2.68 bits per heavy atom. The van der Waals surface area contributed by atoms with Gasteiger partial charge in [-0.2, -0.15) is 0 Å². The van der Waals surface area contributed by atoms with Crippen molar-refractivity contribution < 1.29 is 9.53 Å². The van der Waals surface area contributed by atoms with Gasteiger partial charge in [-0.05, 0) is 38.1 Å². The number of hydrogen-bond donors (Lipinski definition) is 0. The summed E-state index contributed by atoms with van der Waals surface area (Å²) in [6, 6.07) is 7.25. The number of ether oxygens (including phenoxy) is 1. The number of aromatic nitrogens is 2. The zero-order valence-corrected chi connectivity index (χ0v) is 11.4. The van der Waals surface area contributed by atoms with E-state index in [0.29, 0.717) is 17.1 Å². The van der Waals surface area contributed by atoms with Crippen molar-refractivity contribution in [3.63, 3.8) is 0 Å². The van der Waals surface area contributed by atoms with E-state index in [1.807, 2.05) is 26.0 Å². The fourth-order valence-electron chi connectivity index (χ4n) is 2.27. The normalized spacial score (nSPS) is 16.9. The van der Waals surface area contributed by atoms with Crippen molar-refractivity contribution in [1.29, 1.82) is 0 Å². The van der Waals surface area contributed by atoms with E-state index in [1.165, 1.54) is 0 Å². The Labute approximate surface area is 116 Å². The average molecular weight is 277 g/mol. The van der Waals surface area contributed by atoms with Crippen molar-refractivity contribution in [3.8, 4) is 5.69 Å². The Morgan fingerprint density at radius 1 is 1.32 bits per heavy atom. The van der Waals surface area contributed by atoms with E-state index in [0.717, 1.165) is 11.4 Å². The maximum absolute atomic E-state index is 12.1. The fraction of sp³-hybridized carbons (Fsp3) is 0.286. The third-order valence-electron chi connectivity index (χ3n) is 3.10. The third-order valence-corrected chi connectivity index (χ3v) is 3.36. The van der Waals surface area contributed by atoms with Crippen LogP contribution in [0, 0.1) is 0 Å². The zero-order valence-electron chi connectivity index (χ0n) is 10.7. The molecule has 19 heavy (non-hydrogen) atoms. The van der Waals surface area contributed by atoms with Gasteiger partial charge in [0, 0.05) is 17.1 Å². The molecule has 5 heteroatoms. The van der Waals surface area contributed by atoms with Gasteiger partial charge in [0.05, 0.1) is 5.69 Å². The molecule has 1 aromatic carbocycles. The van der Waals surface area contributed by atoms with Crippen LogP contribution in [-0.4, -0.2) is 21.1 Å². The molecule has 98 valence electrons. The smallest absolute Gasteiger partial charge is 0.357 e. The van der Waals surface area contributed by atoms with E-state index in [9.17, 15) is 4.79 Å². The first-order valence-corrected chi connectivity index (χ1v) is 6.40. The standard InChI is InChI=1S/C14H13ClN2O2/c1-14(2)7-11-12(13(18)19-14)17(8-16-11)10-5-3-9(15)4-6-10/h3-6,8H,7H2,1-2H3. The quantitative estimate of drug-likeness (QED) is 0.752. The number of cyclic esters (lactones) is 1. The first kappa shape index (κ1) is 12.2. The van der Waals surface area contributed by atoms with Crippen molar-refractivity contribution in [2.24, 2.45) is 0 Å². The van der Waals surface area contributed by atoms with Gasteiger partial charge >= 0.3 is 5.97 Å². The highest BCUT2D eigenvalue weighted by atomic mass is 35.5. The van der Waals surface area contributed by atoms with Crippen molar-refractivity contribution in [1.82, 2.24) is 9.55 Å². The second-order valence-electron chi connectivity index (χ2n) is 5.21. The van der Waals surface area contributed by atoms with E-state index in [4.69, 9.17) is 16.3 Å². The summed E-state index contributed by atoms with van der Waals surface area (Å²) < 4.78 is 7.16. The Hall–Kier alpha value is -1.81. The molecule has 2 aromatic rings. The molecule has 0 unspecified atom stereocenters. The van der Waals surface area contributed by atoms with Gasteiger partial charge in [-0.25, -0.2) is 9.78 Å². The molecule has 1 aromatic heterocycles. The number of rotatable bonds is 1. The summed E-state index contributed by atoms with van der Waals surface area (Å²) in [4.78, 5) is 16.4. The van der Waals surface area contributed by atoms with E-state index in [2.05, 4.69) is 4.98 Å². The van der Waals surface area contributed by atoms with Gasteiger partial charge in [-0.1, -0.05) is 11.6 Å². The van der Waals surface area contributed by atoms with Gasteiger partial charge < -0.3 is 4.74 Å². The molecule has 0 saturated carbocycles. The molecule has 0 amide bonds. The molecule has 1 aliphatic rings. The second-order valence-corrected chi connectivity index (χ2v) is 5.65. The topological polar surface area (TPSA) is 44.1 Å². The van der Waals surface area contributed by atoms with E-state index in [-0.39, 0.29) is 5.97 Å². The van der Waals surface area contributed by atoms with Crippen molar-refractivity contribution in [2.75, 3.05) is 0 Å². The minimum absolute atomic E-state index is 0.335. The third kappa shape index (κ3) is 2.12. The van der Waals surface area contributed by atoms with Gasteiger partial charge in [0.15, 0.2) is 5.69 Å². The van der Waals surface area contributed by atoms with Gasteiger partial charge in [-0.3, -0.25) is 4.57 Å². The number of halogens is 1. The van der Waals surface area contributed by atoms with Gasteiger partial charge in [0.2, 0.25) is 0 Å². The minimum Gasteiger partial charge on any atom is -0.455 e. The molecule has 0 atom stereocenters. The molecule has 0 N–H and O–H groups in total. The van der Waals surface area contributed by atoms with Crippen molar-refractivity contribution in [2.45, 2.75) is 25.9 Å². The monoisotopic (exact) mass is 276 g/mol. The highest BCUT2D eigenvalue weighted by Gasteiger charge is 2.36. The van der Waals surface area contributed by atoms with Crippen LogP contribution in [0.4, 0.5) is 0 Å². The molecule has 3 rings (SSSR count). The predicted molar refractivity (Wildman–Crippen MR) is 71.8 cm³/mol. The minimum atomic E-state index is -0.497. The van der Waals surface area contributed by atoms with Crippen LogP contribution in [0.1, 0.15) is 30.0 Å². The lowest BCUT2D eigenvalue weighted by atomic mass is 9.98. The highest BCUT2D eigenvalue weighted by molar-refractivity contribution is 6.30. The summed E-state index contributed by atoms with van der Waals surface area (Å²) in [6.45, 7) is 3.77. The first-order chi connectivity index (χ1) is 8.96. The van der Waals surface area contributed by atoms with Crippen LogP contribution in [0.15, 0.2) is 30.6 Å². The maximum atomic E-state index is 12.1. The fourth-order valence-corrected chi connectivity index (χ4v) is 2.39. The SMILES string of the molecule is CC1(C)Cc2ncn(-c3ccc(Cl)cc3)c2C(=O)O1. The zero-order chi connectivity index (χ0) is 13.6. The van der Waals surface area contributed by atoms with E-state index < -0.39 is 5.60 Å². The van der Waals surface area contributed by atoms with Crippen molar-refractivity contribution in [3.05, 3.63) is 47.0 Å². The Bertz CT molecular complexity index is 644. The van der Waals surface area contributed by atoms with Crippen LogP contribution in [0.5, 0.6) is 0 Å². The summed E-state index contributed by atoms with van der Waals surface area (Å²) >= 11 is 5.87. The molecule has 0 fully saturated rings. The number of hydrogen-bond acceptors (Lipinski definition) is 3. The highest BCUT2D eigenvalue weighted by Crippen LogP contribution is 2.28. The van der Waals surface area contributed by atoms with Crippen LogP contribution in [0.3, 0.4) is 0 Å². The molecule has 1 aliphatic heterocycles. The summed E-state index contributed by atoms with van der Waals surface area (Å²) in [5.74, 6) is -0.335. The lowest BCUT2D eigenvalue weighted by Crippen LogP contribution is -2.36.